The molecule has 0 saturated carbocycles. The number of hydrogen-bond acceptors (Lipinski definition) is 6. The Morgan fingerprint density at radius 2 is 1.72 bits per heavy atom. The lowest BCUT2D eigenvalue weighted by atomic mass is 9.72. The number of aromatic nitrogens is 1. The van der Waals surface area contributed by atoms with Crippen LogP contribution in [0.1, 0.15) is 36.5 Å². The number of aliphatic hydroxyl groups is 1. The van der Waals surface area contributed by atoms with E-state index < -0.39 is 10.5 Å². The number of likely N-dealkylation sites (N-methyl/N-ethyl adjacent to an activating group) is 1. The molecule has 0 aliphatic carbocycles. The largest absolute Gasteiger partial charge is 0.380 e. The van der Waals surface area contributed by atoms with Crippen LogP contribution in [0.4, 0.5) is 0 Å². The summed E-state index contributed by atoms with van der Waals surface area (Å²) in [4.78, 5) is 17.5. The second-order valence-electron chi connectivity index (χ2n) is 9.45. The van der Waals surface area contributed by atoms with Gasteiger partial charge in [-0.05, 0) is 42.9 Å². The molecule has 2 aliphatic heterocycles. The third kappa shape index (κ3) is 4.45. The van der Waals surface area contributed by atoms with Crippen LogP contribution in [0, 0.1) is 5.92 Å². The molecule has 6 nitrogen and oxygen atoms in total. The average molecular weight is 503 g/mol. The highest BCUT2D eigenvalue weighted by Crippen LogP contribution is 2.43. The fraction of sp³-hybridized carbons (Fsp3) is 0.379. The Hall–Kier alpha value is -2.71. The summed E-state index contributed by atoms with van der Waals surface area (Å²) in [5.74, 6) is 0.973. The van der Waals surface area contributed by atoms with Crippen LogP contribution in [0.15, 0.2) is 85.2 Å². The van der Waals surface area contributed by atoms with E-state index >= 15 is 0 Å². The van der Waals surface area contributed by atoms with Crippen molar-refractivity contribution in [2.45, 2.75) is 30.2 Å². The maximum atomic E-state index is 14.0. The van der Waals surface area contributed by atoms with Gasteiger partial charge >= 0.3 is 0 Å². The molecule has 2 aromatic carbocycles. The first kappa shape index (κ1) is 25.0. The summed E-state index contributed by atoms with van der Waals surface area (Å²) in [6, 6.07) is 23.8. The van der Waals surface area contributed by atoms with Crippen molar-refractivity contribution in [1.82, 2.24) is 20.3 Å². The highest BCUT2D eigenvalue weighted by atomic mass is 32.2. The minimum Gasteiger partial charge on any atom is -0.380 e. The Bertz CT molecular complexity index is 1090. The Labute approximate surface area is 217 Å². The van der Waals surface area contributed by atoms with Crippen LogP contribution in [0.2, 0.25) is 0 Å². The van der Waals surface area contributed by atoms with E-state index in [1.165, 1.54) is 0 Å². The molecule has 1 unspecified atom stereocenters. The number of piperidine rings is 1. The van der Waals surface area contributed by atoms with Gasteiger partial charge in [-0.3, -0.25) is 20.1 Å². The minimum absolute atomic E-state index is 0.0404. The van der Waals surface area contributed by atoms with Crippen LogP contribution >= 0.6 is 11.8 Å². The lowest BCUT2D eigenvalue weighted by Gasteiger charge is -2.46. The molecule has 3 heterocycles. The number of pyridine rings is 1. The summed E-state index contributed by atoms with van der Waals surface area (Å²) in [5.41, 5.74) is 1.66. The van der Waals surface area contributed by atoms with Crippen molar-refractivity contribution in [3.05, 3.63) is 102 Å². The van der Waals surface area contributed by atoms with Gasteiger partial charge in [-0.2, -0.15) is 0 Å². The number of amides is 1. The highest BCUT2D eigenvalue weighted by Gasteiger charge is 2.48. The quantitative estimate of drug-likeness (QED) is 0.509. The number of carbonyl (C=O) groups is 1. The number of thioether (sulfide) groups is 1. The van der Waals surface area contributed by atoms with Crippen LogP contribution < -0.4 is 5.32 Å². The molecule has 2 aliphatic rings. The number of rotatable bonds is 7. The molecule has 2 N–H and O–H groups in total. The predicted octanol–water partition coefficient (Wildman–Crippen LogP) is 3.98. The summed E-state index contributed by atoms with van der Waals surface area (Å²) in [6.45, 7) is 4.83. The second kappa shape index (κ2) is 10.7. The lowest BCUT2D eigenvalue weighted by Crippen LogP contribution is -2.59. The standard InChI is InChI=1S/C29H34N4O2S/c1-2-33(27(34)29(31-18-21-36-29)26-14-9-17-30-22-26)32-19-15-25(16-20-32)28(35,23-10-5-3-6-11-23)24-12-7-4-8-13-24/h3-14,17,22,25,31,35H,2,15-16,18-21H2,1H3. The van der Waals surface area contributed by atoms with Crippen molar-refractivity contribution in [3.63, 3.8) is 0 Å². The fourth-order valence-corrected chi connectivity index (χ4v) is 6.93. The number of benzene rings is 2. The summed E-state index contributed by atoms with van der Waals surface area (Å²) < 4.78 is 0. The maximum absolute atomic E-state index is 14.0. The van der Waals surface area contributed by atoms with E-state index in [2.05, 4.69) is 15.3 Å². The molecule has 2 fully saturated rings. The minimum atomic E-state index is -1.07. The third-order valence-electron chi connectivity index (χ3n) is 7.53. The van der Waals surface area contributed by atoms with E-state index in [0.29, 0.717) is 19.6 Å². The summed E-state index contributed by atoms with van der Waals surface area (Å²) >= 11 is 1.65. The zero-order valence-electron chi connectivity index (χ0n) is 20.7. The van der Waals surface area contributed by atoms with Crippen molar-refractivity contribution in [2.75, 3.05) is 31.9 Å². The molecule has 0 radical (unpaired) electrons. The van der Waals surface area contributed by atoms with Gasteiger partial charge in [-0.25, -0.2) is 5.01 Å². The monoisotopic (exact) mass is 502 g/mol. The van der Waals surface area contributed by atoms with Gasteiger partial charge in [-0.15, -0.1) is 11.8 Å². The molecule has 5 rings (SSSR count). The number of nitrogens with one attached hydrogen (secondary N) is 1. The van der Waals surface area contributed by atoms with Crippen LogP contribution in [0.5, 0.6) is 0 Å². The number of hydrazine groups is 1. The molecule has 36 heavy (non-hydrogen) atoms. The van der Waals surface area contributed by atoms with Gasteiger partial charge in [-0.1, -0.05) is 66.7 Å². The summed E-state index contributed by atoms with van der Waals surface area (Å²) in [5, 5.41) is 19.8. The SMILES string of the molecule is CCN(C(=O)C1(c2cccnc2)NCCS1)N1CCC(C(O)(c2ccccc2)c2ccccc2)CC1. The van der Waals surface area contributed by atoms with Crippen LogP contribution in [-0.2, 0) is 15.3 Å². The van der Waals surface area contributed by atoms with E-state index in [1.807, 2.05) is 84.7 Å². The van der Waals surface area contributed by atoms with Crippen molar-refractivity contribution in [3.8, 4) is 0 Å². The Balaban J connectivity index is 1.38. The third-order valence-corrected chi connectivity index (χ3v) is 8.93. The molecule has 7 heteroatoms. The van der Waals surface area contributed by atoms with Gasteiger partial charge in [0.05, 0.1) is 0 Å². The van der Waals surface area contributed by atoms with Crippen molar-refractivity contribution in [1.29, 1.82) is 0 Å². The molecular formula is C29H34N4O2S. The molecular weight excluding hydrogens is 468 g/mol. The van der Waals surface area contributed by atoms with Gasteiger partial charge in [0.15, 0.2) is 4.87 Å². The van der Waals surface area contributed by atoms with Crippen LogP contribution in [0.25, 0.3) is 0 Å². The van der Waals surface area contributed by atoms with E-state index in [4.69, 9.17) is 0 Å². The van der Waals surface area contributed by atoms with E-state index in [-0.39, 0.29) is 11.8 Å². The number of nitrogens with zero attached hydrogens (tertiary/aromatic N) is 3. The zero-order chi connectivity index (χ0) is 25.0. The van der Waals surface area contributed by atoms with E-state index in [9.17, 15) is 9.90 Å². The maximum Gasteiger partial charge on any atom is 0.272 e. The Kier molecular flexibility index (Phi) is 7.44. The van der Waals surface area contributed by atoms with E-state index in [0.717, 1.165) is 41.8 Å². The zero-order valence-corrected chi connectivity index (χ0v) is 21.5. The summed E-state index contributed by atoms with van der Waals surface area (Å²) in [7, 11) is 0. The number of carbonyl (C=O) groups excluding carboxylic acids is 1. The first-order chi connectivity index (χ1) is 17.6. The molecule has 1 atom stereocenters. The first-order valence-corrected chi connectivity index (χ1v) is 13.8. The average Bonchev–Trinajstić information content (AvgIpc) is 3.46. The van der Waals surface area contributed by atoms with Gasteiger partial charge in [0.2, 0.25) is 0 Å². The first-order valence-electron chi connectivity index (χ1n) is 12.8. The normalized spacial score (nSPS) is 21.4. The molecule has 1 aromatic heterocycles. The van der Waals surface area contributed by atoms with Crippen molar-refractivity contribution >= 4 is 17.7 Å². The molecule has 0 spiro atoms. The highest BCUT2D eigenvalue weighted by molar-refractivity contribution is 8.01. The van der Waals surface area contributed by atoms with Gasteiger partial charge in [0, 0.05) is 49.9 Å². The molecule has 1 amide bonds. The predicted molar refractivity (Wildman–Crippen MR) is 144 cm³/mol. The Morgan fingerprint density at radius 3 is 2.22 bits per heavy atom. The topological polar surface area (TPSA) is 68.7 Å². The molecule has 188 valence electrons. The molecule has 3 aromatic rings. The smallest absolute Gasteiger partial charge is 0.272 e. The van der Waals surface area contributed by atoms with Gasteiger partial charge < -0.3 is 5.11 Å². The second-order valence-corrected chi connectivity index (χ2v) is 10.8. The van der Waals surface area contributed by atoms with Gasteiger partial charge in [0.1, 0.15) is 5.60 Å². The molecule has 0 bridgehead atoms. The van der Waals surface area contributed by atoms with Crippen molar-refractivity contribution < 1.29 is 9.90 Å². The summed E-state index contributed by atoms with van der Waals surface area (Å²) in [6.07, 6.45) is 5.10. The molecule has 2 saturated heterocycles. The van der Waals surface area contributed by atoms with Crippen LogP contribution in [0.3, 0.4) is 0 Å². The Morgan fingerprint density at radius 1 is 1.08 bits per heavy atom. The van der Waals surface area contributed by atoms with Crippen molar-refractivity contribution in [2.24, 2.45) is 5.92 Å². The van der Waals surface area contributed by atoms with E-state index in [1.54, 1.807) is 24.2 Å². The lowest BCUT2D eigenvalue weighted by molar-refractivity contribution is -0.157. The fourth-order valence-electron chi connectivity index (χ4n) is 5.70. The van der Waals surface area contributed by atoms with Crippen LogP contribution in [-0.4, -0.2) is 57.9 Å². The number of hydrogen-bond donors (Lipinski definition) is 2. The van der Waals surface area contributed by atoms with Gasteiger partial charge in [0.25, 0.3) is 5.91 Å².